The van der Waals surface area contributed by atoms with E-state index < -0.39 is 17.7 Å². The van der Waals surface area contributed by atoms with Crippen LogP contribution in [0.5, 0.6) is 0 Å². The molecule has 3 N–H and O–H groups in total. The summed E-state index contributed by atoms with van der Waals surface area (Å²) in [5.41, 5.74) is 9.00. The zero-order valence-electron chi connectivity index (χ0n) is 19.5. The van der Waals surface area contributed by atoms with Crippen molar-refractivity contribution >= 4 is 23.2 Å². The summed E-state index contributed by atoms with van der Waals surface area (Å²) in [6, 6.07) is 4.49. The van der Waals surface area contributed by atoms with E-state index >= 15 is 4.39 Å². The summed E-state index contributed by atoms with van der Waals surface area (Å²) in [6.45, 7) is 9.71. The van der Waals surface area contributed by atoms with E-state index in [1.807, 2.05) is 18.7 Å². The van der Waals surface area contributed by atoms with E-state index in [1.165, 1.54) is 13.0 Å². The maximum absolute atomic E-state index is 15.3. The van der Waals surface area contributed by atoms with Crippen molar-refractivity contribution in [2.75, 3.05) is 0 Å². The van der Waals surface area contributed by atoms with Gasteiger partial charge in [-0.15, -0.1) is 0 Å². The van der Waals surface area contributed by atoms with E-state index in [9.17, 15) is 14.7 Å². The molecule has 0 bridgehead atoms. The highest BCUT2D eigenvalue weighted by Crippen LogP contribution is 2.40. The van der Waals surface area contributed by atoms with E-state index in [-0.39, 0.29) is 23.5 Å². The van der Waals surface area contributed by atoms with Crippen molar-refractivity contribution in [1.82, 2.24) is 4.90 Å². The second-order valence-corrected chi connectivity index (χ2v) is 8.89. The molecule has 1 aromatic rings. The molecule has 6 nitrogen and oxygen atoms in total. The molecule has 0 amide bonds. The minimum Gasteiger partial charge on any atom is -0.481 e. The average Bonchev–Trinajstić information content (AvgIpc) is 2.80. The molecule has 0 saturated heterocycles. The van der Waals surface area contributed by atoms with Gasteiger partial charge in [0.2, 0.25) is 0 Å². The van der Waals surface area contributed by atoms with Gasteiger partial charge in [-0.3, -0.25) is 9.59 Å². The summed E-state index contributed by atoms with van der Waals surface area (Å²) in [4.78, 5) is 29.4. The molecule has 3 atom stereocenters. The minimum absolute atomic E-state index is 0.0338. The van der Waals surface area contributed by atoms with E-state index in [2.05, 4.69) is 11.6 Å². The van der Waals surface area contributed by atoms with Gasteiger partial charge >= 0.3 is 5.97 Å². The van der Waals surface area contributed by atoms with Crippen molar-refractivity contribution in [3.8, 4) is 0 Å². The van der Waals surface area contributed by atoms with Gasteiger partial charge in [0, 0.05) is 29.2 Å². The number of hydrogen-bond donors (Lipinski definition) is 2. The van der Waals surface area contributed by atoms with Crippen molar-refractivity contribution in [2.45, 2.75) is 52.9 Å². The van der Waals surface area contributed by atoms with Crippen molar-refractivity contribution in [3.05, 3.63) is 65.5 Å². The number of aliphatic carboxylic acids is 1. The Morgan fingerprint density at radius 1 is 1.33 bits per heavy atom. The number of rotatable bonds is 7. The molecule has 0 radical (unpaired) electrons. The van der Waals surface area contributed by atoms with Crippen LogP contribution in [0.1, 0.15) is 68.8 Å². The number of allylic oxidation sites excluding steroid dienone is 2. The van der Waals surface area contributed by atoms with Gasteiger partial charge < -0.3 is 15.7 Å². The normalized spacial score (nSPS) is 23.0. The summed E-state index contributed by atoms with van der Waals surface area (Å²) in [7, 11) is 0. The van der Waals surface area contributed by atoms with Crippen LogP contribution in [-0.4, -0.2) is 27.6 Å². The smallest absolute Gasteiger partial charge is 0.306 e. The van der Waals surface area contributed by atoms with Gasteiger partial charge in [-0.05, 0) is 56.1 Å². The summed E-state index contributed by atoms with van der Waals surface area (Å²) >= 11 is 0. The molecule has 1 heterocycles. The maximum Gasteiger partial charge on any atom is 0.306 e. The summed E-state index contributed by atoms with van der Waals surface area (Å²) in [5.74, 6) is -1.75. The first kappa shape index (κ1) is 24.4. The zero-order chi connectivity index (χ0) is 24.3. The third-order valence-electron chi connectivity index (χ3n) is 6.74. The van der Waals surface area contributed by atoms with Gasteiger partial charge in [0.15, 0.2) is 5.78 Å². The van der Waals surface area contributed by atoms with Crippen LogP contribution in [0.2, 0.25) is 0 Å². The van der Waals surface area contributed by atoms with E-state index in [1.54, 1.807) is 24.5 Å². The first-order valence-corrected chi connectivity index (χ1v) is 11.4. The van der Waals surface area contributed by atoms with Crippen molar-refractivity contribution in [3.63, 3.8) is 0 Å². The van der Waals surface area contributed by atoms with Crippen LogP contribution in [0.3, 0.4) is 0 Å². The number of carboxylic acids is 1. The Balaban J connectivity index is 2.11. The lowest BCUT2D eigenvalue weighted by Crippen LogP contribution is -2.35. The lowest BCUT2D eigenvalue weighted by Gasteiger charge is -2.37. The average molecular weight is 454 g/mol. The second kappa shape index (κ2) is 10.1. The Labute approximate surface area is 194 Å². The quantitative estimate of drug-likeness (QED) is 0.544. The number of aliphatic imine (C=N–C) groups is 1. The highest BCUT2D eigenvalue weighted by Gasteiger charge is 2.33. The molecule has 1 saturated carbocycles. The first-order chi connectivity index (χ1) is 15.6. The molecule has 1 aromatic carbocycles. The summed E-state index contributed by atoms with van der Waals surface area (Å²) in [6.07, 6.45) is 6.86. The molecule has 1 fully saturated rings. The topological polar surface area (TPSA) is 96.0 Å². The van der Waals surface area contributed by atoms with E-state index in [4.69, 9.17) is 5.73 Å². The van der Waals surface area contributed by atoms with E-state index in [0.29, 0.717) is 35.2 Å². The van der Waals surface area contributed by atoms with Crippen molar-refractivity contribution in [2.24, 2.45) is 28.5 Å². The van der Waals surface area contributed by atoms with Gasteiger partial charge in [0.25, 0.3) is 0 Å². The molecule has 3 unspecified atom stereocenters. The fraction of sp³-hybridized carbons (Fsp3) is 0.423. The molecule has 0 spiro atoms. The lowest BCUT2D eigenvalue weighted by atomic mass is 9.79. The number of ketones is 1. The first-order valence-electron chi connectivity index (χ1n) is 11.4. The monoisotopic (exact) mass is 453 g/mol. The molecule has 176 valence electrons. The fourth-order valence-electron chi connectivity index (χ4n) is 4.64. The van der Waals surface area contributed by atoms with Gasteiger partial charge in [0.1, 0.15) is 11.7 Å². The van der Waals surface area contributed by atoms with Crippen LogP contribution in [-0.2, 0) is 4.79 Å². The molecule has 33 heavy (non-hydrogen) atoms. The number of benzene rings is 1. The minimum atomic E-state index is -0.786. The predicted octanol–water partition coefficient (Wildman–Crippen LogP) is 5.33. The van der Waals surface area contributed by atoms with Crippen molar-refractivity contribution in [1.29, 1.82) is 0 Å². The number of nitrogens with zero attached hydrogens (tertiary/aromatic N) is 2. The number of halogens is 1. The molecule has 3 rings (SSSR count). The number of hydrogen-bond acceptors (Lipinski definition) is 5. The van der Waals surface area contributed by atoms with Crippen molar-refractivity contribution < 1.29 is 19.1 Å². The lowest BCUT2D eigenvalue weighted by molar-refractivity contribution is -0.143. The van der Waals surface area contributed by atoms with Gasteiger partial charge in [-0.1, -0.05) is 39.0 Å². The highest BCUT2D eigenvalue weighted by atomic mass is 19.1. The molecule has 7 heteroatoms. The molecule has 2 aliphatic rings. The highest BCUT2D eigenvalue weighted by molar-refractivity contribution is 6.05. The SMILES string of the molecule is C=C(C1CCCC(C(=O)O)C1)N1C=CN=C(N)/C1=C(\c1ccc(C(C)=O)cc1F)C(C)CC. The van der Waals surface area contributed by atoms with Crippen LogP contribution in [0.15, 0.2) is 53.6 Å². The zero-order valence-corrected chi connectivity index (χ0v) is 19.5. The standard InChI is InChI=1S/C26H32FN3O3/c1-5-15(2)23(21-10-9-19(17(4)31)14-22(21)27)24-25(28)29-11-12-30(24)16(3)18-7-6-8-20(13-18)26(32)33/h9-12,14-15,18,20H,3,5-8,13H2,1-2,4H3,(H2,28,29)(H,32,33)/b24-23+. The Kier molecular flexibility index (Phi) is 7.51. The number of Topliss-reactive ketones (excluding diaryl/α,β-unsaturated/α-hetero) is 1. The number of carbonyl (C=O) groups is 2. The number of nitrogens with two attached hydrogens (primary N) is 1. The maximum atomic E-state index is 15.3. The van der Waals surface area contributed by atoms with Gasteiger partial charge in [-0.2, -0.15) is 0 Å². The van der Waals surface area contributed by atoms with Crippen LogP contribution >= 0.6 is 0 Å². The third kappa shape index (κ3) is 5.07. The van der Waals surface area contributed by atoms with Crippen LogP contribution < -0.4 is 5.73 Å². The van der Waals surface area contributed by atoms with Crippen LogP contribution in [0.25, 0.3) is 5.57 Å². The second-order valence-electron chi connectivity index (χ2n) is 8.89. The predicted molar refractivity (Wildman–Crippen MR) is 128 cm³/mol. The number of amidine groups is 1. The molecule has 1 aliphatic heterocycles. The van der Waals surface area contributed by atoms with Crippen LogP contribution in [0, 0.1) is 23.6 Å². The number of carbonyl (C=O) groups excluding carboxylic acids is 1. The molecule has 0 aromatic heterocycles. The summed E-state index contributed by atoms with van der Waals surface area (Å²) in [5, 5.41) is 9.50. The molecular formula is C26H32FN3O3. The number of carboxylic acid groups (broad SMARTS) is 1. The van der Waals surface area contributed by atoms with Gasteiger partial charge in [0.05, 0.1) is 11.6 Å². The Morgan fingerprint density at radius 2 is 2.03 bits per heavy atom. The largest absolute Gasteiger partial charge is 0.481 e. The summed E-state index contributed by atoms with van der Waals surface area (Å²) < 4.78 is 15.3. The Hall–Kier alpha value is -3.22. The van der Waals surface area contributed by atoms with Gasteiger partial charge in [-0.25, -0.2) is 9.38 Å². The third-order valence-corrected chi connectivity index (χ3v) is 6.74. The Bertz CT molecular complexity index is 1060. The molecule has 1 aliphatic carbocycles. The Morgan fingerprint density at radius 3 is 2.64 bits per heavy atom. The molecular weight excluding hydrogens is 421 g/mol. The fourth-order valence-corrected chi connectivity index (χ4v) is 4.64. The van der Waals surface area contributed by atoms with Crippen LogP contribution in [0.4, 0.5) is 4.39 Å². The van der Waals surface area contributed by atoms with E-state index in [0.717, 1.165) is 25.0 Å².